The van der Waals surface area contributed by atoms with Gasteiger partial charge in [-0.3, -0.25) is 9.48 Å². The molecule has 2 aromatic carbocycles. The van der Waals surface area contributed by atoms with Gasteiger partial charge in [0.25, 0.3) is 5.91 Å². The smallest absolute Gasteiger partial charge is 0.254 e. The van der Waals surface area contributed by atoms with Crippen molar-refractivity contribution in [3.8, 4) is 6.07 Å². The van der Waals surface area contributed by atoms with Gasteiger partial charge in [0, 0.05) is 11.9 Å². The Labute approximate surface area is 151 Å². The average molecular weight is 350 g/mol. The summed E-state index contributed by atoms with van der Waals surface area (Å²) in [6, 6.07) is 13.5. The van der Waals surface area contributed by atoms with E-state index < -0.39 is 11.7 Å². The second-order valence-corrected chi connectivity index (χ2v) is 6.53. The lowest BCUT2D eigenvalue weighted by Gasteiger charge is -2.06. The number of hydrogen-bond donors (Lipinski definition) is 1. The average Bonchev–Trinajstić information content (AvgIpc) is 2.97. The van der Waals surface area contributed by atoms with Gasteiger partial charge >= 0.3 is 0 Å². The molecule has 1 aromatic heterocycles. The highest BCUT2D eigenvalue weighted by molar-refractivity contribution is 5.94. The standard InChI is InChI=1S/C20H19FN4O/c1-13(2)12-25-19-6-4-3-5-16(19)18(24-25)11-23-20(26)15-8-7-14(10-22)9-17(15)21/h3-9,13H,11-12H2,1-2H3,(H,23,26). The van der Waals surface area contributed by atoms with E-state index >= 15 is 0 Å². The van der Waals surface area contributed by atoms with Crippen LogP contribution in [0.15, 0.2) is 42.5 Å². The van der Waals surface area contributed by atoms with Crippen LogP contribution in [0.25, 0.3) is 10.9 Å². The zero-order valence-corrected chi connectivity index (χ0v) is 14.7. The van der Waals surface area contributed by atoms with E-state index in [9.17, 15) is 9.18 Å². The van der Waals surface area contributed by atoms with Crippen molar-refractivity contribution in [1.82, 2.24) is 15.1 Å². The van der Waals surface area contributed by atoms with E-state index in [0.717, 1.165) is 29.2 Å². The summed E-state index contributed by atoms with van der Waals surface area (Å²) in [7, 11) is 0. The van der Waals surface area contributed by atoms with Gasteiger partial charge in [0.15, 0.2) is 0 Å². The predicted molar refractivity (Wildman–Crippen MR) is 96.9 cm³/mol. The molecule has 0 aliphatic rings. The first kappa shape index (κ1) is 17.6. The second kappa shape index (κ2) is 7.36. The van der Waals surface area contributed by atoms with Crippen LogP contribution in [0.2, 0.25) is 0 Å². The van der Waals surface area contributed by atoms with E-state index in [2.05, 4.69) is 24.3 Å². The zero-order chi connectivity index (χ0) is 18.7. The number of amides is 1. The molecule has 0 unspecified atom stereocenters. The molecule has 0 spiro atoms. The van der Waals surface area contributed by atoms with Crippen LogP contribution in [0.1, 0.15) is 35.5 Å². The zero-order valence-electron chi connectivity index (χ0n) is 14.7. The maximum absolute atomic E-state index is 14.0. The summed E-state index contributed by atoms with van der Waals surface area (Å²) in [6.07, 6.45) is 0. The molecule has 0 fully saturated rings. The summed E-state index contributed by atoms with van der Waals surface area (Å²) in [5.74, 6) is -0.806. The van der Waals surface area contributed by atoms with Crippen LogP contribution in [-0.4, -0.2) is 15.7 Å². The minimum absolute atomic E-state index is 0.0880. The lowest BCUT2D eigenvalue weighted by molar-refractivity contribution is 0.0946. The van der Waals surface area contributed by atoms with Crippen molar-refractivity contribution in [2.75, 3.05) is 0 Å². The number of nitrogens with one attached hydrogen (secondary N) is 1. The Morgan fingerprint density at radius 2 is 2.08 bits per heavy atom. The number of nitriles is 1. The Morgan fingerprint density at radius 1 is 1.31 bits per heavy atom. The van der Waals surface area contributed by atoms with Crippen LogP contribution in [0.4, 0.5) is 4.39 Å². The van der Waals surface area contributed by atoms with Crippen LogP contribution in [-0.2, 0) is 13.1 Å². The molecule has 0 radical (unpaired) electrons. The van der Waals surface area contributed by atoms with E-state index in [1.54, 1.807) is 0 Å². The first-order valence-corrected chi connectivity index (χ1v) is 8.42. The molecule has 6 heteroatoms. The third kappa shape index (κ3) is 3.57. The fraction of sp³-hybridized carbons (Fsp3) is 0.250. The van der Waals surface area contributed by atoms with Crippen LogP contribution < -0.4 is 5.32 Å². The number of para-hydroxylation sites is 1. The maximum atomic E-state index is 14.0. The normalized spacial score (nSPS) is 10.9. The van der Waals surface area contributed by atoms with Gasteiger partial charge in [-0.25, -0.2) is 4.39 Å². The molecule has 1 heterocycles. The largest absolute Gasteiger partial charge is 0.346 e. The fourth-order valence-corrected chi connectivity index (χ4v) is 2.84. The predicted octanol–water partition coefficient (Wildman–Crippen LogP) is 3.63. The van der Waals surface area contributed by atoms with Crippen molar-refractivity contribution in [2.24, 2.45) is 5.92 Å². The minimum Gasteiger partial charge on any atom is -0.346 e. The van der Waals surface area contributed by atoms with Crippen LogP contribution >= 0.6 is 0 Å². The molecule has 132 valence electrons. The number of fused-ring (bicyclic) bond motifs is 1. The Bertz CT molecular complexity index is 1000. The van der Waals surface area contributed by atoms with E-state index in [-0.39, 0.29) is 17.7 Å². The summed E-state index contributed by atoms with van der Waals surface area (Å²) in [5.41, 5.74) is 1.84. The van der Waals surface area contributed by atoms with Crippen molar-refractivity contribution >= 4 is 16.8 Å². The molecule has 3 aromatic rings. The Morgan fingerprint density at radius 3 is 2.77 bits per heavy atom. The van der Waals surface area contributed by atoms with Crippen molar-refractivity contribution in [1.29, 1.82) is 5.26 Å². The van der Waals surface area contributed by atoms with Gasteiger partial charge in [0.1, 0.15) is 5.82 Å². The van der Waals surface area contributed by atoms with E-state index in [4.69, 9.17) is 5.26 Å². The molecule has 0 aliphatic heterocycles. The Hall–Kier alpha value is -3.20. The molecule has 3 rings (SSSR count). The molecule has 0 saturated carbocycles. The van der Waals surface area contributed by atoms with Crippen molar-refractivity contribution in [2.45, 2.75) is 26.9 Å². The maximum Gasteiger partial charge on any atom is 0.254 e. The first-order chi connectivity index (χ1) is 12.5. The van der Waals surface area contributed by atoms with Gasteiger partial charge in [-0.15, -0.1) is 0 Å². The third-order valence-corrected chi connectivity index (χ3v) is 4.03. The quantitative estimate of drug-likeness (QED) is 0.764. The van der Waals surface area contributed by atoms with Gasteiger partial charge < -0.3 is 5.32 Å². The van der Waals surface area contributed by atoms with Gasteiger partial charge in [-0.05, 0) is 30.2 Å². The number of carbonyl (C=O) groups is 1. The molecule has 0 saturated heterocycles. The van der Waals surface area contributed by atoms with Crippen molar-refractivity contribution in [3.05, 3.63) is 65.1 Å². The topological polar surface area (TPSA) is 70.7 Å². The van der Waals surface area contributed by atoms with Crippen LogP contribution in [0.3, 0.4) is 0 Å². The molecule has 0 atom stereocenters. The SMILES string of the molecule is CC(C)Cn1nc(CNC(=O)c2ccc(C#N)cc2F)c2ccccc21. The molecule has 1 amide bonds. The number of rotatable bonds is 5. The first-order valence-electron chi connectivity index (χ1n) is 8.42. The molecular weight excluding hydrogens is 331 g/mol. The highest BCUT2D eigenvalue weighted by Crippen LogP contribution is 2.20. The van der Waals surface area contributed by atoms with Gasteiger partial charge in [0.05, 0.1) is 35.0 Å². The summed E-state index contributed by atoms with van der Waals surface area (Å²) in [5, 5.41) is 17.1. The van der Waals surface area contributed by atoms with E-state index in [1.807, 2.05) is 35.0 Å². The summed E-state index contributed by atoms with van der Waals surface area (Å²) < 4.78 is 15.9. The number of benzene rings is 2. The summed E-state index contributed by atoms with van der Waals surface area (Å²) in [4.78, 5) is 12.3. The number of hydrogen-bond acceptors (Lipinski definition) is 3. The van der Waals surface area contributed by atoms with E-state index in [1.165, 1.54) is 12.1 Å². The van der Waals surface area contributed by atoms with Crippen molar-refractivity contribution < 1.29 is 9.18 Å². The number of aromatic nitrogens is 2. The minimum atomic E-state index is -0.711. The van der Waals surface area contributed by atoms with Gasteiger partial charge in [-0.1, -0.05) is 32.0 Å². The third-order valence-electron chi connectivity index (χ3n) is 4.03. The molecule has 26 heavy (non-hydrogen) atoms. The highest BCUT2D eigenvalue weighted by atomic mass is 19.1. The van der Waals surface area contributed by atoms with Crippen LogP contribution in [0, 0.1) is 23.1 Å². The second-order valence-electron chi connectivity index (χ2n) is 6.53. The Balaban J connectivity index is 1.81. The fourth-order valence-electron chi connectivity index (χ4n) is 2.84. The number of carbonyl (C=O) groups excluding carboxylic acids is 1. The highest BCUT2D eigenvalue weighted by Gasteiger charge is 2.15. The Kier molecular flexibility index (Phi) is 4.99. The monoisotopic (exact) mass is 350 g/mol. The van der Waals surface area contributed by atoms with Gasteiger partial charge in [-0.2, -0.15) is 10.4 Å². The van der Waals surface area contributed by atoms with Crippen molar-refractivity contribution in [3.63, 3.8) is 0 Å². The van der Waals surface area contributed by atoms with Gasteiger partial charge in [0.2, 0.25) is 0 Å². The molecule has 1 N–H and O–H groups in total. The summed E-state index contributed by atoms with van der Waals surface area (Å²) >= 11 is 0. The molecule has 0 aliphatic carbocycles. The lowest BCUT2D eigenvalue weighted by atomic mass is 10.1. The molecular formula is C20H19FN4O. The molecule has 0 bridgehead atoms. The molecule has 5 nitrogen and oxygen atoms in total. The van der Waals surface area contributed by atoms with Crippen LogP contribution in [0.5, 0.6) is 0 Å². The lowest BCUT2D eigenvalue weighted by Crippen LogP contribution is -2.24. The van der Waals surface area contributed by atoms with E-state index in [0.29, 0.717) is 5.92 Å². The summed E-state index contributed by atoms with van der Waals surface area (Å²) in [6.45, 7) is 5.21. The number of nitrogens with zero attached hydrogens (tertiary/aromatic N) is 3. The number of halogens is 1.